The normalized spacial score (nSPS) is 12.4. The maximum absolute atomic E-state index is 10.7. The van der Waals surface area contributed by atoms with E-state index in [1.807, 2.05) is 0 Å². The molecule has 0 aliphatic carbocycles. The molecule has 0 fully saturated rings. The maximum Gasteiger partial charge on any atom is 0.534 e. The number of halogens is 3. The summed E-state index contributed by atoms with van der Waals surface area (Å²) in [4.78, 5) is 0. The van der Waals surface area contributed by atoms with Crippen LogP contribution in [0.2, 0.25) is 0 Å². The zero-order valence-corrected chi connectivity index (χ0v) is 6.03. The molecule has 0 bridgehead atoms. The van der Waals surface area contributed by atoms with Crippen molar-refractivity contribution >= 4 is 11.4 Å². The van der Waals surface area contributed by atoms with Gasteiger partial charge in [-0.1, -0.05) is 0 Å². The van der Waals surface area contributed by atoms with E-state index in [0.29, 0.717) is 0 Å². The molecule has 66 valence electrons. The van der Waals surface area contributed by atoms with Crippen molar-refractivity contribution in [3.63, 3.8) is 0 Å². The molecular formula is C3H3F3NO3S-. The van der Waals surface area contributed by atoms with E-state index in [2.05, 4.69) is 4.18 Å². The quantitative estimate of drug-likeness (QED) is 0.574. The van der Waals surface area contributed by atoms with Crippen LogP contribution < -0.4 is 0 Å². The predicted octanol–water partition coefficient (Wildman–Crippen LogP) is 0.847. The molecule has 0 N–H and O–H groups in total. The van der Waals surface area contributed by atoms with Gasteiger partial charge in [0.05, 0.1) is 17.4 Å². The SMILES string of the molecule is CC#N.O=S([O-])OC(F)(F)F. The van der Waals surface area contributed by atoms with E-state index in [-0.39, 0.29) is 0 Å². The maximum atomic E-state index is 10.7. The molecule has 0 spiro atoms. The lowest BCUT2D eigenvalue weighted by atomic mass is 11.0. The Labute approximate surface area is 63.1 Å². The highest BCUT2D eigenvalue weighted by atomic mass is 32.2. The molecule has 0 saturated heterocycles. The molecule has 0 rings (SSSR count). The highest BCUT2D eigenvalue weighted by Gasteiger charge is 2.30. The Morgan fingerprint density at radius 3 is 1.91 bits per heavy atom. The minimum absolute atomic E-state index is 1.43. The van der Waals surface area contributed by atoms with Gasteiger partial charge in [0.2, 0.25) is 0 Å². The summed E-state index contributed by atoms with van der Waals surface area (Å²) < 4.78 is 52.6. The first-order valence-electron chi connectivity index (χ1n) is 1.99. The van der Waals surface area contributed by atoms with Gasteiger partial charge in [0, 0.05) is 6.92 Å². The summed E-state index contributed by atoms with van der Waals surface area (Å²) in [5.74, 6) is 0. The van der Waals surface area contributed by atoms with E-state index in [4.69, 9.17) is 14.0 Å². The fraction of sp³-hybridized carbons (Fsp3) is 0.667. The number of nitriles is 1. The summed E-state index contributed by atoms with van der Waals surface area (Å²) in [5.41, 5.74) is 0. The fourth-order valence-corrected chi connectivity index (χ4v) is 0.231. The third-order valence-electron chi connectivity index (χ3n) is 0.163. The molecule has 0 amide bonds. The summed E-state index contributed by atoms with van der Waals surface area (Å²) in [5, 5.41) is 7.32. The first-order valence-corrected chi connectivity index (χ1v) is 2.99. The number of nitrogens with zero attached hydrogens (tertiary/aromatic N) is 1. The van der Waals surface area contributed by atoms with E-state index in [9.17, 15) is 13.2 Å². The van der Waals surface area contributed by atoms with Crippen molar-refractivity contribution in [1.82, 2.24) is 0 Å². The van der Waals surface area contributed by atoms with Crippen molar-refractivity contribution in [2.75, 3.05) is 0 Å². The Morgan fingerprint density at radius 2 is 1.91 bits per heavy atom. The molecule has 0 radical (unpaired) electrons. The smallest absolute Gasteiger partial charge is 0.534 e. The molecular weight excluding hydrogens is 187 g/mol. The molecule has 0 aromatic rings. The molecule has 0 heterocycles. The minimum Gasteiger partial charge on any atom is -0.750 e. The van der Waals surface area contributed by atoms with Crippen LogP contribution in [0.3, 0.4) is 0 Å². The number of rotatable bonds is 1. The van der Waals surface area contributed by atoms with E-state index < -0.39 is 17.7 Å². The average molecular weight is 190 g/mol. The minimum atomic E-state index is -5.09. The van der Waals surface area contributed by atoms with Crippen LogP contribution in [-0.4, -0.2) is 15.1 Å². The lowest BCUT2D eigenvalue weighted by Gasteiger charge is -2.06. The van der Waals surface area contributed by atoms with E-state index >= 15 is 0 Å². The van der Waals surface area contributed by atoms with Crippen LogP contribution >= 0.6 is 0 Å². The summed E-state index contributed by atoms with van der Waals surface area (Å²) in [6, 6.07) is 1.75. The van der Waals surface area contributed by atoms with Gasteiger partial charge in [-0.15, -0.1) is 13.2 Å². The van der Waals surface area contributed by atoms with Gasteiger partial charge in [-0.05, 0) is 0 Å². The Morgan fingerprint density at radius 1 is 1.64 bits per heavy atom. The first-order chi connectivity index (χ1) is 4.83. The summed E-state index contributed by atoms with van der Waals surface area (Å²) in [6.45, 7) is 1.43. The summed E-state index contributed by atoms with van der Waals surface area (Å²) in [6.07, 6.45) is -5.09. The van der Waals surface area contributed by atoms with Crippen LogP contribution in [0.15, 0.2) is 0 Å². The molecule has 0 aromatic heterocycles. The average Bonchev–Trinajstić information content (AvgIpc) is 1.57. The second kappa shape index (κ2) is 6.09. The Hall–Kier alpha value is -0.650. The zero-order valence-electron chi connectivity index (χ0n) is 5.21. The topological polar surface area (TPSA) is 73.2 Å². The molecule has 0 saturated carbocycles. The molecule has 0 aliphatic rings. The van der Waals surface area contributed by atoms with Gasteiger partial charge in [0.1, 0.15) is 0 Å². The van der Waals surface area contributed by atoms with Gasteiger partial charge in [-0.25, -0.2) is 8.39 Å². The molecule has 0 aromatic carbocycles. The molecule has 1 unspecified atom stereocenters. The monoisotopic (exact) mass is 190 g/mol. The highest BCUT2D eigenvalue weighted by Crippen LogP contribution is 2.16. The molecule has 4 nitrogen and oxygen atoms in total. The van der Waals surface area contributed by atoms with Gasteiger partial charge < -0.3 is 4.55 Å². The molecule has 1 atom stereocenters. The number of alkyl halides is 3. The predicted molar refractivity (Wildman–Crippen MR) is 27.3 cm³/mol. The highest BCUT2D eigenvalue weighted by molar-refractivity contribution is 7.74. The van der Waals surface area contributed by atoms with E-state index in [1.165, 1.54) is 6.92 Å². The van der Waals surface area contributed by atoms with Crippen molar-refractivity contribution in [3.8, 4) is 6.07 Å². The van der Waals surface area contributed by atoms with Gasteiger partial charge in [-0.2, -0.15) is 5.26 Å². The summed E-state index contributed by atoms with van der Waals surface area (Å²) >= 11 is -3.51. The van der Waals surface area contributed by atoms with Crippen LogP contribution in [0.1, 0.15) is 6.92 Å². The Kier molecular flexibility index (Phi) is 7.18. The first kappa shape index (κ1) is 13.0. The second-order valence-corrected chi connectivity index (χ2v) is 1.53. The van der Waals surface area contributed by atoms with Gasteiger partial charge >= 0.3 is 6.36 Å². The van der Waals surface area contributed by atoms with Gasteiger partial charge in [-0.3, -0.25) is 0 Å². The molecule has 0 aliphatic heterocycles. The molecule has 8 heteroatoms. The van der Waals surface area contributed by atoms with E-state index in [0.717, 1.165) is 0 Å². The van der Waals surface area contributed by atoms with Crippen molar-refractivity contribution < 1.29 is 26.1 Å². The Balaban J connectivity index is 0. The lowest BCUT2D eigenvalue weighted by Crippen LogP contribution is -2.14. The van der Waals surface area contributed by atoms with Crippen LogP contribution in [-0.2, 0) is 15.5 Å². The van der Waals surface area contributed by atoms with Crippen molar-refractivity contribution in [2.45, 2.75) is 13.3 Å². The second-order valence-electron chi connectivity index (χ2n) is 0.957. The van der Waals surface area contributed by atoms with Crippen LogP contribution in [0.5, 0.6) is 0 Å². The lowest BCUT2D eigenvalue weighted by molar-refractivity contribution is -0.272. The van der Waals surface area contributed by atoms with Gasteiger partial charge in [0.25, 0.3) is 0 Å². The van der Waals surface area contributed by atoms with Gasteiger partial charge in [0.15, 0.2) is 0 Å². The third-order valence-corrected chi connectivity index (χ3v) is 0.488. The van der Waals surface area contributed by atoms with Crippen molar-refractivity contribution in [2.24, 2.45) is 0 Å². The van der Waals surface area contributed by atoms with Crippen molar-refractivity contribution in [1.29, 1.82) is 5.26 Å². The Bertz CT molecular complexity index is 162. The van der Waals surface area contributed by atoms with Crippen LogP contribution in [0.4, 0.5) is 13.2 Å². The largest absolute Gasteiger partial charge is 0.750 e. The van der Waals surface area contributed by atoms with Crippen LogP contribution in [0, 0.1) is 11.3 Å². The number of hydrogen-bond acceptors (Lipinski definition) is 4. The van der Waals surface area contributed by atoms with Crippen LogP contribution in [0.25, 0.3) is 0 Å². The number of hydrogen-bond donors (Lipinski definition) is 0. The fourth-order valence-electron chi connectivity index (χ4n) is 0.0772. The summed E-state index contributed by atoms with van der Waals surface area (Å²) in [7, 11) is 0. The third kappa shape index (κ3) is 26.7. The standard InChI is InChI=1S/C2H3N.CHF3O3S/c1-2-3;2-1(3,4)7-8(5)6/h1H3;(H,5,6)/p-1. The van der Waals surface area contributed by atoms with Crippen molar-refractivity contribution in [3.05, 3.63) is 0 Å². The van der Waals surface area contributed by atoms with E-state index in [1.54, 1.807) is 6.07 Å². The molecule has 11 heavy (non-hydrogen) atoms. The zero-order chi connectivity index (χ0) is 9.49.